The maximum absolute atomic E-state index is 13.7. The average Bonchev–Trinajstić information content (AvgIpc) is 2.82. The molecule has 0 bridgehead atoms. The number of ether oxygens (including phenoxy) is 1. The standard InChI is InChI=1S/C29H27ClN2O4/c1-28(2,3)36-27(34)32-29(15-7-16-29)20-12-10-18(11-13-20)22-23(33)21-14-17-31-26(30)25(21)35-24(22)19-8-5-4-6-9-19/h4-6,8-14,17H,7,15-16H2,1-3H3,(H,32,34). The van der Waals surface area contributed by atoms with Crippen molar-refractivity contribution in [1.82, 2.24) is 10.3 Å². The van der Waals surface area contributed by atoms with Crippen LogP contribution in [0.15, 0.2) is 76.1 Å². The number of pyridine rings is 1. The van der Waals surface area contributed by atoms with Gasteiger partial charge in [0, 0.05) is 11.8 Å². The van der Waals surface area contributed by atoms with Gasteiger partial charge in [0.2, 0.25) is 5.43 Å². The number of halogens is 1. The minimum absolute atomic E-state index is 0.142. The van der Waals surface area contributed by atoms with Crippen molar-refractivity contribution < 1.29 is 13.9 Å². The molecule has 1 aliphatic carbocycles. The van der Waals surface area contributed by atoms with Gasteiger partial charge in [-0.2, -0.15) is 0 Å². The molecule has 1 fully saturated rings. The van der Waals surface area contributed by atoms with Gasteiger partial charge >= 0.3 is 6.09 Å². The smallest absolute Gasteiger partial charge is 0.408 e. The van der Waals surface area contributed by atoms with Gasteiger partial charge in [0.1, 0.15) is 11.4 Å². The van der Waals surface area contributed by atoms with Gasteiger partial charge in [0.05, 0.1) is 16.5 Å². The van der Waals surface area contributed by atoms with Crippen LogP contribution in [0.3, 0.4) is 0 Å². The van der Waals surface area contributed by atoms with Gasteiger partial charge in [-0.15, -0.1) is 0 Å². The number of amides is 1. The Kier molecular flexibility index (Phi) is 6.08. The summed E-state index contributed by atoms with van der Waals surface area (Å²) in [5.41, 5.74) is 1.93. The van der Waals surface area contributed by atoms with E-state index in [0.717, 1.165) is 30.4 Å². The van der Waals surface area contributed by atoms with E-state index in [4.69, 9.17) is 20.8 Å². The number of hydrogen-bond acceptors (Lipinski definition) is 5. The fraction of sp³-hybridized carbons (Fsp3) is 0.276. The second-order valence-electron chi connectivity index (χ2n) is 10.1. The second-order valence-corrected chi connectivity index (χ2v) is 10.5. The Morgan fingerprint density at radius 3 is 2.33 bits per heavy atom. The van der Waals surface area contributed by atoms with Crippen LogP contribution in [0.5, 0.6) is 0 Å². The molecule has 1 amide bonds. The van der Waals surface area contributed by atoms with Crippen LogP contribution in [0.4, 0.5) is 4.79 Å². The molecule has 0 radical (unpaired) electrons. The lowest BCUT2D eigenvalue weighted by molar-refractivity contribution is 0.0377. The maximum atomic E-state index is 13.7. The first-order valence-corrected chi connectivity index (χ1v) is 12.3. The van der Waals surface area contributed by atoms with Crippen LogP contribution in [0.2, 0.25) is 5.15 Å². The van der Waals surface area contributed by atoms with Crippen LogP contribution < -0.4 is 10.7 Å². The van der Waals surface area contributed by atoms with E-state index in [-0.39, 0.29) is 16.2 Å². The molecule has 0 saturated heterocycles. The number of aromatic nitrogens is 1. The third-order valence-corrected chi connectivity index (χ3v) is 6.74. The van der Waals surface area contributed by atoms with Crippen molar-refractivity contribution in [2.75, 3.05) is 0 Å². The van der Waals surface area contributed by atoms with Crippen LogP contribution in [-0.2, 0) is 10.3 Å². The third-order valence-electron chi connectivity index (χ3n) is 6.47. The first-order valence-electron chi connectivity index (χ1n) is 12.0. The lowest BCUT2D eigenvalue weighted by Gasteiger charge is -2.43. The number of rotatable bonds is 4. The number of alkyl carbamates (subject to hydrolysis) is 1. The first-order chi connectivity index (χ1) is 17.2. The molecule has 6 nitrogen and oxygen atoms in total. The molecule has 0 aliphatic heterocycles. The molecule has 2 heterocycles. The van der Waals surface area contributed by atoms with Crippen molar-refractivity contribution in [3.8, 4) is 22.5 Å². The summed E-state index contributed by atoms with van der Waals surface area (Å²) in [6.45, 7) is 5.53. The predicted octanol–water partition coefficient (Wildman–Crippen LogP) is 7.08. The van der Waals surface area contributed by atoms with E-state index in [1.165, 1.54) is 6.20 Å². The summed E-state index contributed by atoms with van der Waals surface area (Å²) in [6, 6.07) is 18.8. The van der Waals surface area contributed by atoms with E-state index in [9.17, 15) is 9.59 Å². The number of carbonyl (C=O) groups is 1. The summed E-state index contributed by atoms with van der Waals surface area (Å²) in [4.78, 5) is 30.3. The summed E-state index contributed by atoms with van der Waals surface area (Å²) >= 11 is 6.27. The highest BCUT2D eigenvalue weighted by Crippen LogP contribution is 2.42. The molecule has 5 rings (SSSR count). The highest BCUT2D eigenvalue weighted by Gasteiger charge is 2.41. The molecule has 0 atom stereocenters. The Hall–Kier alpha value is -3.64. The summed E-state index contributed by atoms with van der Waals surface area (Å²) in [6.07, 6.45) is 3.73. The number of hydrogen-bond donors (Lipinski definition) is 1. The molecule has 184 valence electrons. The largest absolute Gasteiger partial charge is 0.452 e. The van der Waals surface area contributed by atoms with Crippen LogP contribution >= 0.6 is 11.6 Å². The summed E-state index contributed by atoms with van der Waals surface area (Å²) < 4.78 is 11.7. The van der Waals surface area contributed by atoms with Crippen molar-refractivity contribution >= 4 is 28.7 Å². The first kappa shape index (κ1) is 24.1. The van der Waals surface area contributed by atoms with Crippen LogP contribution in [-0.4, -0.2) is 16.7 Å². The molecule has 2 aromatic heterocycles. The van der Waals surface area contributed by atoms with Gasteiger partial charge in [-0.25, -0.2) is 9.78 Å². The molecule has 36 heavy (non-hydrogen) atoms. The summed E-state index contributed by atoms with van der Waals surface area (Å²) in [5.74, 6) is 0.431. The average molecular weight is 503 g/mol. The Morgan fingerprint density at radius 2 is 1.72 bits per heavy atom. The van der Waals surface area contributed by atoms with E-state index in [0.29, 0.717) is 22.3 Å². The minimum Gasteiger partial charge on any atom is -0.452 e. The lowest BCUT2D eigenvalue weighted by Crippen LogP contribution is -2.52. The number of nitrogens with zero attached hydrogens (tertiary/aromatic N) is 1. The highest BCUT2D eigenvalue weighted by atomic mass is 35.5. The normalized spacial score (nSPS) is 14.8. The van der Waals surface area contributed by atoms with Gasteiger partial charge < -0.3 is 14.5 Å². The van der Waals surface area contributed by atoms with Gasteiger partial charge in [-0.3, -0.25) is 4.79 Å². The zero-order valence-electron chi connectivity index (χ0n) is 20.4. The molecule has 0 spiro atoms. The van der Waals surface area contributed by atoms with Crippen LogP contribution in [0.25, 0.3) is 33.4 Å². The molecule has 1 N–H and O–H groups in total. The lowest BCUT2D eigenvalue weighted by atomic mass is 9.71. The van der Waals surface area contributed by atoms with E-state index in [1.54, 1.807) is 6.07 Å². The maximum Gasteiger partial charge on any atom is 0.408 e. The van der Waals surface area contributed by atoms with E-state index >= 15 is 0 Å². The van der Waals surface area contributed by atoms with Crippen molar-refractivity contribution in [3.63, 3.8) is 0 Å². The second kappa shape index (κ2) is 9.10. The number of fused-ring (bicyclic) bond motifs is 1. The highest BCUT2D eigenvalue weighted by molar-refractivity contribution is 6.33. The molecule has 0 unspecified atom stereocenters. The van der Waals surface area contributed by atoms with Crippen molar-refractivity contribution in [2.24, 2.45) is 0 Å². The molecular weight excluding hydrogens is 476 g/mol. The monoisotopic (exact) mass is 502 g/mol. The molecule has 1 saturated carbocycles. The van der Waals surface area contributed by atoms with Gasteiger partial charge in [-0.1, -0.05) is 66.2 Å². The predicted molar refractivity (Wildman–Crippen MR) is 141 cm³/mol. The summed E-state index contributed by atoms with van der Waals surface area (Å²) in [7, 11) is 0. The number of nitrogens with one attached hydrogen (secondary N) is 1. The zero-order chi connectivity index (χ0) is 25.5. The number of benzene rings is 2. The SMILES string of the molecule is CC(C)(C)OC(=O)NC1(c2ccc(-c3c(-c4ccccc4)oc4c(Cl)nccc4c3=O)cc2)CCC1. The Labute approximate surface area is 214 Å². The summed E-state index contributed by atoms with van der Waals surface area (Å²) in [5, 5.41) is 3.59. The molecule has 4 aromatic rings. The topological polar surface area (TPSA) is 81.4 Å². The van der Waals surface area contributed by atoms with Crippen molar-refractivity contribution in [3.05, 3.63) is 87.8 Å². The Bertz CT molecular complexity index is 1480. The Balaban J connectivity index is 1.58. The quantitative estimate of drug-likeness (QED) is 0.301. The number of carbonyl (C=O) groups excluding carboxylic acids is 1. The third kappa shape index (κ3) is 4.49. The fourth-order valence-electron chi connectivity index (χ4n) is 4.62. The van der Waals surface area contributed by atoms with Gasteiger partial charge in [-0.05, 0) is 57.2 Å². The van der Waals surface area contributed by atoms with Crippen molar-refractivity contribution in [2.45, 2.75) is 51.2 Å². The fourth-order valence-corrected chi connectivity index (χ4v) is 4.81. The van der Waals surface area contributed by atoms with Gasteiger partial charge in [0.25, 0.3) is 0 Å². The zero-order valence-corrected chi connectivity index (χ0v) is 21.2. The van der Waals surface area contributed by atoms with E-state index in [1.807, 2.05) is 75.4 Å². The molecule has 2 aromatic carbocycles. The molecule has 7 heteroatoms. The van der Waals surface area contributed by atoms with E-state index < -0.39 is 17.2 Å². The van der Waals surface area contributed by atoms with Gasteiger partial charge in [0.15, 0.2) is 10.7 Å². The molecular formula is C29H27ClN2O4. The molecule has 1 aliphatic rings. The van der Waals surface area contributed by atoms with Crippen molar-refractivity contribution in [1.29, 1.82) is 0 Å². The minimum atomic E-state index is -0.574. The Morgan fingerprint density at radius 1 is 1.03 bits per heavy atom. The van der Waals surface area contributed by atoms with Crippen LogP contribution in [0.1, 0.15) is 45.6 Å². The van der Waals surface area contributed by atoms with Crippen LogP contribution in [0, 0.1) is 0 Å². The van der Waals surface area contributed by atoms with E-state index in [2.05, 4.69) is 10.3 Å².